The van der Waals surface area contributed by atoms with Gasteiger partial charge in [-0.2, -0.15) is 0 Å². The van der Waals surface area contributed by atoms with E-state index in [2.05, 4.69) is 106 Å². The van der Waals surface area contributed by atoms with Gasteiger partial charge in [-0.15, -0.1) is 24.8 Å². The third-order valence-electron chi connectivity index (χ3n) is 5.62. The molecule has 0 unspecified atom stereocenters. The number of hydrogen-bond acceptors (Lipinski definition) is 2. The van der Waals surface area contributed by atoms with E-state index in [9.17, 15) is 0 Å². The number of nitrogens with one attached hydrogen (secondary N) is 1. The van der Waals surface area contributed by atoms with E-state index in [0.29, 0.717) is 0 Å². The molecular formula is C26H36Cl2N2Ti. The maximum absolute atomic E-state index is 3.89. The number of nitrogens with zero attached hydrogens (tertiary/aromatic N) is 1. The maximum atomic E-state index is 3.89. The van der Waals surface area contributed by atoms with Crippen LogP contribution in [0.1, 0.15) is 48.1 Å². The topological polar surface area (TPSA) is 15.3 Å². The van der Waals surface area contributed by atoms with E-state index in [1.807, 2.05) is 0 Å². The predicted octanol–water partition coefficient (Wildman–Crippen LogP) is 7.08. The zero-order valence-corrected chi connectivity index (χ0v) is 23.0. The van der Waals surface area contributed by atoms with Crippen LogP contribution in [-0.2, 0) is 23.1 Å². The first-order chi connectivity index (χ1) is 13.7. The summed E-state index contributed by atoms with van der Waals surface area (Å²) in [5, 5.41) is 0. The molecule has 0 bridgehead atoms. The van der Waals surface area contributed by atoms with Gasteiger partial charge in [0.25, 0.3) is 0 Å². The van der Waals surface area contributed by atoms with Crippen LogP contribution in [0.5, 0.6) is 0 Å². The van der Waals surface area contributed by atoms with Crippen molar-refractivity contribution in [2.24, 2.45) is 0 Å². The molecule has 0 radical (unpaired) electrons. The van der Waals surface area contributed by atoms with Crippen molar-refractivity contribution < 1.29 is 19.4 Å². The summed E-state index contributed by atoms with van der Waals surface area (Å²) in [6.45, 7) is 12.4. The monoisotopic (exact) mass is 494 g/mol. The number of anilines is 1. The van der Waals surface area contributed by atoms with Gasteiger partial charge in [0.15, 0.2) is 0 Å². The molecule has 0 saturated carbocycles. The second-order valence-corrected chi connectivity index (χ2v) is 11.8. The largest absolute Gasteiger partial charge is 0.147 e. The van der Waals surface area contributed by atoms with Crippen LogP contribution < -0.4 is 3.80 Å². The minimum Gasteiger partial charge on any atom is -0.147 e. The molecule has 31 heavy (non-hydrogen) atoms. The Kier molecular flexibility index (Phi) is 10.6. The Hall–Kier alpha value is -1.03. The summed E-state index contributed by atoms with van der Waals surface area (Å²) in [6, 6.07) is 13.6. The van der Waals surface area contributed by atoms with Crippen molar-refractivity contribution in [3.63, 3.8) is 0 Å². The molecule has 2 nitrogen and oxygen atoms in total. The molecule has 2 aromatic carbocycles. The average Bonchev–Trinajstić information content (AvgIpc) is 3.08. The molecule has 1 aliphatic rings. The van der Waals surface area contributed by atoms with Gasteiger partial charge in [-0.05, 0) is 0 Å². The van der Waals surface area contributed by atoms with Crippen LogP contribution >= 0.6 is 24.8 Å². The zero-order chi connectivity index (χ0) is 21.2. The second kappa shape index (κ2) is 11.7. The summed E-state index contributed by atoms with van der Waals surface area (Å²) in [6.07, 6.45) is 5.66. The van der Waals surface area contributed by atoms with Gasteiger partial charge in [-0.1, -0.05) is 0 Å². The first-order valence-corrected chi connectivity index (χ1v) is 12.0. The molecule has 0 heterocycles. The first-order valence-electron chi connectivity index (χ1n) is 10.4. The number of hydrogen-bond donors (Lipinski definition) is 1. The fourth-order valence-electron chi connectivity index (χ4n) is 4.28. The summed E-state index contributed by atoms with van der Waals surface area (Å²) >= 11 is -0.452. The van der Waals surface area contributed by atoms with E-state index in [4.69, 9.17) is 0 Å². The van der Waals surface area contributed by atoms with Gasteiger partial charge in [-0.3, -0.25) is 0 Å². The van der Waals surface area contributed by atoms with Gasteiger partial charge >= 0.3 is 187 Å². The van der Waals surface area contributed by atoms with Crippen LogP contribution in [0.25, 0.3) is 5.57 Å². The SMILES string of the molecule is Cc1cc(C)c([NH][Ti][C](C)(C)c2ccccc2C2=C(CN(C)C)C=CC2)c(C)c1.Cl.Cl. The summed E-state index contributed by atoms with van der Waals surface area (Å²) in [4.78, 5) is 2.26. The van der Waals surface area contributed by atoms with Crippen molar-refractivity contribution in [2.75, 3.05) is 24.4 Å². The van der Waals surface area contributed by atoms with Crippen LogP contribution in [0.2, 0.25) is 0 Å². The number of rotatable bonds is 7. The molecule has 5 heteroatoms. The van der Waals surface area contributed by atoms with Crippen LogP contribution in [-0.4, -0.2) is 25.5 Å². The summed E-state index contributed by atoms with van der Waals surface area (Å²) in [5.41, 5.74) is 11.2. The van der Waals surface area contributed by atoms with E-state index in [0.717, 1.165) is 13.0 Å². The van der Waals surface area contributed by atoms with E-state index >= 15 is 0 Å². The number of halogens is 2. The Labute approximate surface area is 210 Å². The fraction of sp³-hybridized carbons (Fsp3) is 0.385. The first kappa shape index (κ1) is 28.0. The molecule has 0 aromatic heterocycles. The molecule has 0 fully saturated rings. The Morgan fingerprint density at radius 2 is 1.61 bits per heavy atom. The number of likely N-dealkylation sites (N-methyl/N-ethyl adjacent to an activating group) is 1. The van der Waals surface area contributed by atoms with Gasteiger partial charge in [-0.25, -0.2) is 0 Å². The van der Waals surface area contributed by atoms with Gasteiger partial charge in [0.05, 0.1) is 0 Å². The molecular weight excluding hydrogens is 459 g/mol. The van der Waals surface area contributed by atoms with Crippen LogP contribution in [0.4, 0.5) is 5.69 Å². The van der Waals surface area contributed by atoms with E-state index in [-0.39, 0.29) is 28.5 Å². The summed E-state index contributed by atoms with van der Waals surface area (Å²) < 4.78 is 4.03. The average molecular weight is 495 g/mol. The molecule has 2 aromatic rings. The molecule has 168 valence electrons. The van der Waals surface area contributed by atoms with Crippen molar-refractivity contribution >= 4 is 36.1 Å². The van der Waals surface area contributed by atoms with Crippen molar-refractivity contribution in [1.29, 1.82) is 0 Å². The minimum atomic E-state index is -0.452. The Morgan fingerprint density at radius 1 is 1.00 bits per heavy atom. The van der Waals surface area contributed by atoms with Gasteiger partial charge < -0.3 is 0 Å². The van der Waals surface area contributed by atoms with Gasteiger partial charge in [0.2, 0.25) is 0 Å². The molecule has 1 aliphatic carbocycles. The molecule has 0 saturated heterocycles. The fourth-order valence-corrected chi connectivity index (χ4v) is 6.13. The van der Waals surface area contributed by atoms with Gasteiger partial charge in [0, 0.05) is 0 Å². The minimum absolute atomic E-state index is 0. The number of benzene rings is 2. The third-order valence-corrected chi connectivity index (χ3v) is 7.60. The molecule has 0 spiro atoms. The quantitative estimate of drug-likeness (QED) is 0.413. The van der Waals surface area contributed by atoms with E-state index in [1.165, 1.54) is 44.7 Å². The van der Waals surface area contributed by atoms with E-state index in [1.54, 1.807) is 0 Å². The summed E-state index contributed by atoms with van der Waals surface area (Å²) in [5.74, 6) is 0. The van der Waals surface area contributed by atoms with Crippen molar-refractivity contribution in [2.45, 2.75) is 44.8 Å². The Balaban J connectivity index is 0.00000240. The standard InChI is InChI=1S/C17H22N.C9H12N.2ClH.Ti/c1-13(2)15-9-5-6-10-17(15)16-11-7-8-14(16)12-18(3)4;1-6-4-7(2)9(10)8(3)5-6;;;/h5-10H,11-12H2,1-4H3;4-5,10H,1-3H3;2*1H;/q;-1;;;+1. The second-order valence-electron chi connectivity index (χ2n) is 9.04. The number of allylic oxidation sites excluding steroid dienone is 2. The molecule has 0 aliphatic heterocycles. The van der Waals surface area contributed by atoms with E-state index < -0.39 is 19.4 Å². The Bertz CT molecular complexity index is 939. The Morgan fingerprint density at radius 3 is 2.23 bits per heavy atom. The molecule has 1 N–H and O–H groups in total. The predicted molar refractivity (Wildman–Crippen MR) is 137 cm³/mol. The molecule has 0 atom stereocenters. The van der Waals surface area contributed by atoms with Crippen molar-refractivity contribution in [3.8, 4) is 0 Å². The normalized spacial score (nSPS) is 13.2. The summed E-state index contributed by atoms with van der Waals surface area (Å²) in [7, 11) is 4.30. The van der Waals surface area contributed by atoms with Gasteiger partial charge in [0.1, 0.15) is 0 Å². The molecule has 3 rings (SSSR count). The van der Waals surface area contributed by atoms with Crippen LogP contribution in [0.3, 0.4) is 0 Å². The maximum Gasteiger partial charge on any atom is -0.147 e. The zero-order valence-electron chi connectivity index (χ0n) is 19.8. The number of aryl methyl sites for hydroxylation is 3. The smallest absolute Gasteiger partial charge is 0.147 e. The third kappa shape index (κ3) is 6.73. The van der Waals surface area contributed by atoms with Crippen molar-refractivity contribution in [1.82, 2.24) is 4.90 Å². The van der Waals surface area contributed by atoms with Crippen LogP contribution in [0, 0.1) is 20.8 Å². The van der Waals surface area contributed by atoms with Crippen molar-refractivity contribution in [3.05, 3.63) is 81.9 Å². The molecule has 0 amide bonds. The van der Waals surface area contributed by atoms with Crippen LogP contribution in [0.15, 0.2) is 54.1 Å².